The molecule has 0 spiro atoms. The summed E-state index contributed by atoms with van der Waals surface area (Å²) in [5, 5.41) is 4.84. The molecule has 0 radical (unpaired) electrons. The summed E-state index contributed by atoms with van der Waals surface area (Å²) < 4.78 is 0. The molecule has 0 aliphatic rings. The number of carbonyl (C=O) groups is 1. The molecule has 0 aliphatic heterocycles. The number of nitrogen functional groups attached to an aromatic ring is 1. The van der Waals surface area contributed by atoms with Crippen LogP contribution < -0.4 is 11.1 Å². The molecule has 1 heterocycles. The van der Waals surface area contributed by atoms with E-state index in [0.29, 0.717) is 18.7 Å². The first-order chi connectivity index (χ1) is 8.25. The number of hydrogen-bond donors (Lipinski definition) is 2. The van der Waals surface area contributed by atoms with E-state index in [2.05, 4.69) is 5.32 Å². The number of nitrogens with two attached hydrogens (primary N) is 1. The van der Waals surface area contributed by atoms with Crippen molar-refractivity contribution in [1.29, 1.82) is 0 Å². The van der Waals surface area contributed by atoms with Gasteiger partial charge in [-0.25, -0.2) is 0 Å². The Bertz CT molecular complexity index is 494. The van der Waals surface area contributed by atoms with Gasteiger partial charge in [-0.3, -0.25) is 4.79 Å². The molecule has 0 atom stereocenters. The van der Waals surface area contributed by atoms with E-state index in [9.17, 15) is 4.79 Å². The third kappa shape index (κ3) is 3.32. The lowest BCUT2D eigenvalue weighted by Gasteiger charge is -2.06. The van der Waals surface area contributed by atoms with Crippen LogP contribution in [0, 0.1) is 0 Å². The number of anilines is 1. The van der Waals surface area contributed by atoms with Crippen molar-refractivity contribution in [2.75, 3.05) is 5.73 Å². The van der Waals surface area contributed by atoms with Gasteiger partial charge in [-0.1, -0.05) is 24.3 Å². The summed E-state index contributed by atoms with van der Waals surface area (Å²) in [4.78, 5) is 12.7. The Morgan fingerprint density at radius 2 is 2.06 bits per heavy atom. The summed E-state index contributed by atoms with van der Waals surface area (Å²) >= 11 is 1.59. The molecule has 1 aromatic heterocycles. The maximum atomic E-state index is 11.6. The molecule has 1 aromatic carbocycles. The Morgan fingerprint density at radius 3 is 2.76 bits per heavy atom. The molecule has 0 bridgehead atoms. The zero-order valence-corrected chi connectivity index (χ0v) is 10.2. The van der Waals surface area contributed by atoms with Gasteiger partial charge < -0.3 is 11.1 Å². The van der Waals surface area contributed by atoms with E-state index in [1.54, 1.807) is 11.3 Å². The van der Waals surface area contributed by atoms with Crippen LogP contribution in [0.1, 0.15) is 10.4 Å². The monoisotopic (exact) mass is 246 g/mol. The molecule has 17 heavy (non-hydrogen) atoms. The van der Waals surface area contributed by atoms with Crippen molar-refractivity contribution in [3.05, 3.63) is 52.2 Å². The van der Waals surface area contributed by atoms with Gasteiger partial charge in [0.05, 0.1) is 6.42 Å². The second-order valence-corrected chi connectivity index (χ2v) is 4.76. The third-order valence-electron chi connectivity index (χ3n) is 2.45. The molecule has 3 N–H and O–H groups in total. The molecule has 0 aliphatic carbocycles. The van der Waals surface area contributed by atoms with Crippen molar-refractivity contribution >= 4 is 22.9 Å². The lowest BCUT2D eigenvalue weighted by molar-refractivity contribution is -0.120. The van der Waals surface area contributed by atoms with Crippen LogP contribution >= 0.6 is 11.3 Å². The quantitative estimate of drug-likeness (QED) is 0.812. The molecule has 0 unspecified atom stereocenters. The summed E-state index contributed by atoms with van der Waals surface area (Å²) in [5.74, 6) is 0.0238. The predicted octanol–water partition coefficient (Wildman–Crippen LogP) is 2.19. The fourth-order valence-corrected chi connectivity index (χ4v) is 2.23. The van der Waals surface area contributed by atoms with E-state index < -0.39 is 0 Å². The molecule has 2 rings (SSSR count). The van der Waals surface area contributed by atoms with Gasteiger partial charge >= 0.3 is 0 Å². The second-order valence-electron chi connectivity index (χ2n) is 3.73. The number of thiophene rings is 1. The van der Waals surface area contributed by atoms with Gasteiger partial charge in [-0.05, 0) is 23.1 Å². The van der Waals surface area contributed by atoms with Gasteiger partial charge in [-0.2, -0.15) is 0 Å². The van der Waals surface area contributed by atoms with Crippen molar-refractivity contribution in [2.24, 2.45) is 0 Å². The number of para-hydroxylation sites is 1. The van der Waals surface area contributed by atoms with Crippen molar-refractivity contribution in [3.63, 3.8) is 0 Å². The Hall–Kier alpha value is -1.81. The molecular formula is C13H14N2OS. The largest absolute Gasteiger partial charge is 0.398 e. The molecule has 2 aromatic rings. The molecular weight excluding hydrogens is 232 g/mol. The standard InChI is InChI=1S/C13H14N2OS/c14-12-6-2-1-4-10(12)9-15-13(16)8-11-5-3-7-17-11/h1-7H,8-9,14H2,(H,15,16). The first-order valence-electron chi connectivity index (χ1n) is 5.38. The van der Waals surface area contributed by atoms with E-state index in [4.69, 9.17) is 5.73 Å². The molecule has 3 nitrogen and oxygen atoms in total. The lowest BCUT2D eigenvalue weighted by atomic mass is 10.2. The maximum absolute atomic E-state index is 11.6. The van der Waals surface area contributed by atoms with Gasteiger partial charge in [0.25, 0.3) is 0 Å². The first kappa shape index (κ1) is 11.7. The van der Waals surface area contributed by atoms with E-state index in [1.165, 1.54) is 0 Å². The lowest BCUT2D eigenvalue weighted by Crippen LogP contribution is -2.24. The molecule has 0 saturated carbocycles. The topological polar surface area (TPSA) is 55.1 Å². The molecule has 4 heteroatoms. The summed E-state index contributed by atoms with van der Waals surface area (Å²) in [5.41, 5.74) is 7.46. The van der Waals surface area contributed by atoms with Crippen LogP contribution in [0.25, 0.3) is 0 Å². The van der Waals surface area contributed by atoms with Crippen LogP contribution in [0.5, 0.6) is 0 Å². The molecule has 88 valence electrons. The van der Waals surface area contributed by atoms with Crippen molar-refractivity contribution in [3.8, 4) is 0 Å². The number of amides is 1. The van der Waals surface area contributed by atoms with Crippen LogP contribution in [-0.4, -0.2) is 5.91 Å². The van der Waals surface area contributed by atoms with E-state index in [0.717, 1.165) is 10.4 Å². The second kappa shape index (κ2) is 5.50. The average molecular weight is 246 g/mol. The summed E-state index contributed by atoms with van der Waals surface area (Å²) in [6.45, 7) is 0.483. The molecule has 0 fully saturated rings. The predicted molar refractivity (Wildman–Crippen MR) is 70.7 cm³/mol. The third-order valence-corrected chi connectivity index (χ3v) is 3.32. The van der Waals surface area contributed by atoms with Gasteiger partial charge in [-0.15, -0.1) is 11.3 Å². The van der Waals surface area contributed by atoms with Gasteiger partial charge in [0, 0.05) is 17.1 Å². The van der Waals surface area contributed by atoms with Crippen LogP contribution in [0.4, 0.5) is 5.69 Å². The smallest absolute Gasteiger partial charge is 0.225 e. The number of benzene rings is 1. The zero-order chi connectivity index (χ0) is 12.1. The number of hydrogen-bond acceptors (Lipinski definition) is 3. The number of rotatable bonds is 4. The minimum Gasteiger partial charge on any atom is -0.398 e. The Morgan fingerprint density at radius 1 is 1.24 bits per heavy atom. The van der Waals surface area contributed by atoms with Crippen molar-refractivity contribution in [1.82, 2.24) is 5.32 Å². The highest BCUT2D eigenvalue weighted by Gasteiger charge is 2.04. The SMILES string of the molecule is Nc1ccccc1CNC(=O)Cc1cccs1. The fourth-order valence-electron chi connectivity index (χ4n) is 1.52. The first-order valence-corrected chi connectivity index (χ1v) is 6.26. The maximum Gasteiger partial charge on any atom is 0.225 e. The fraction of sp³-hybridized carbons (Fsp3) is 0.154. The van der Waals surface area contributed by atoms with Crippen LogP contribution in [0.15, 0.2) is 41.8 Å². The Balaban J connectivity index is 1.86. The van der Waals surface area contributed by atoms with E-state index in [-0.39, 0.29) is 5.91 Å². The van der Waals surface area contributed by atoms with E-state index >= 15 is 0 Å². The van der Waals surface area contributed by atoms with Crippen molar-refractivity contribution in [2.45, 2.75) is 13.0 Å². The zero-order valence-electron chi connectivity index (χ0n) is 9.35. The summed E-state index contributed by atoms with van der Waals surface area (Å²) in [7, 11) is 0. The van der Waals surface area contributed by atoms with Crippen LogP contribution in [-0.2, 0) is 17.8 Å². The number of nitrogens with one attached hydrogen (secondary N) is 1. The van der Waals surface area contributed by atoms with Crippen molar-refractivity contribution < 1.29 is 4.79 Å². The minimum absolute atomic E-state index is 0.0238. The summed E-state index contributed by atoms with van der Waals surface area (Å²) in [6, 6.07) is 11.5. The highest BCUT2D eigenvalue weighted by atomic mass is 32.1. The van der Waals surface area contributed by atoms with Gasteiger partial charge in [0.2, 0.25) is 5.91 Å². The van der Waals surface area contributed by atoms with Crippen LogP contribution in [0.2, 0.25) is 0 Å². The highest BCUT2D eigenvalue weighted by Crippen LogP contribution is 2.11. The molecule has 0 saturated heterocycles. The Labute approximate surface area is 104 Å². The molecule has 1 amide bonds. The van der Waals surface area contributed by atoms with Gasteiger partial charge in [0.15, 0.2) is 0 Å². The Kier molecular flexibility index (Phi) is 3.77. The normalized spacial score (nSPS) is 10.1. The van der Waals surface area contributed by atoms with Crippen LogP contribution in [0.3, 0.4) is 0 Å². The highest BCUT2D eigenvalue weighted by molar-refractivity contribution is 7.10. The minimum atomic E-state index is 0.0238. The average Bonchev–Trinajstić information content (AvgIpc) is 2.81. The number of carbonyl (C=O) groups excluding carboxylic acids is 1. The van der Waals surface area contributed by atoms with E-state index in [1.807, 2.05) is 41.8 Å². The van der Waals surface area contributed by atoms with Gasteiger partial charge in [0.1, 0.15) is 0 Å². The summed E-state index contributed by atoms with van der Waals surface area (Å²) in [6.07, 6.45) is 0.435.